The van der Waals surface area contributed by atoms with Crippen LogP contribution < -0.4 is 4.90 Å². The van der Waals surface area contributed by atoms with Gasteiger partial charge in [0.15, 0.2) is 6.29 Å². The van der Waals surface area contributed by atoms with E-state index < -0.39 is 0 Å². The van der Waals surface area contributed by atoms with E-state index in [0.29, 0.717) is 11.6 Å². The zero-order valence-corrected chi connectivity index (χ0v) is 18.2. The summed E-state index contributed by atoms with van der Waals surface area (Å²) in [6.07, 6.45) is 11.6. The maximum Gasteiger partial charge on any atom is 0.169 e. The number of benzene rings is 2. The van der Waals surface area contributed by atoms with Gasteiger partial charge in [0.1, 0.15) is 5.71 Å². The molecule has 2 aromatic rings. The van der Waals surface area contributed by atoms with Crippen molar-refractivity contribution in [1.29, 1.82) is 0 Å². The van der Waals surface area contributed by atoms with Crippen LogP contribution in [-0.2, 0) is 4.79 Å². The van der Waals surface area contributed by atoms with Crippen molar-refractivity contribution in [3.05, 3.63) is 71.1 Å². The molecule has 1 aliphatic carbocycles. The molecule has 152 valence electrons. The quantitative estimate of drug-likeness (QED) is 0.377. The van der Waals surface area contributed by atoms with Gasteiger partial charge in [-0.2, -0.15) is 0 Å². The molecule has 0 spiro atoms. The van der Waals surface area contributed by atoms with Gasteiger partial charge in [-0.25, -0.2) is 4.99 Å². The van der Waals surface area contributed by atoms with Gasteiger partial charge in [0.2, 0.25) is 0 Å². The number of rotatable bonds is 8. The van der Waals surface area contributed by atoms with Crippen LogP contribution in [0.5, 0.6) is 0 Å². The van der Waals surface area contributed by atoms with Crippen LogP contribution in [0.2, 0.25) is 0 Å². The van der Waals surface area contributed by atoms with Crippen LogP contribution >= 0.6 is 11.8 Å². The van der Waals surface area contributed by atoms with E-state index in [2.05, 4.69) is 33.5 Å². The number of hydrogen-bond donors (Lipinski definition) is 0. The van der Waals surface area contributed by atoms with E-state index in [1.165, 1.54) is 37.7 Å². The minimum atomic E-state index is 0.465. The summed E-state index contributed by atoms with van der Waals surface area (Å²) in [5.41, 5.74) is 4.55. The number of aldehydes is 1. The molecule has 0 aliphatic heterocycles. The van der Waals surface area contributed by atoms with Gasteiger partial charge in [-0.05, 0) is 54.2 Å². The van der Waals surface area contributed by atoms with Crippen molar-refractivity contribution in [2.24, 2.45) is 4.99 Å². The topological polar surface area (TPSA) is 32.7 Å². The molecule has 0 amide bonds. The molecule has 0 N–H and O–H groups in total. The smallest absolute Gasteiger partial charge is 0.169 e. The lowest BCUT2D eigenvalue weighted by Gasteiger charge is -2.22. The van der Waals surface area contributed by atoms with Gasteiger partial charge in [0.05, 0.1) is 5.69 Å². The second-order valence-corrected chi connectivity index (χ2v) is 8.29. The highest BCUT2D eigenvalue weighted by Crippen LogP contribution is 2.33. The van der Waals surface area contributed by atoms with E-state index in [4.69, 9.17) is 0 Å². The van der Waals surface area contributed by atoms with Crippen LogP contribution in [0.3, 0.4) is 0 Å². The highest BCUT2D eigenvalue weighted by Gasteiger charge is 2.15. The lowest BCUT2D eigenvalue weighted by atomic mass is 9.84. The summed E-state index contributed by atoms with van der Waals surface area (Å²) >= 11 is 1.68. The zero-order valence-electron chi connectivity index (χ0n) is 17.4. The SMILES string of the molecule is CS/C=C\CN(C)c1ccccc1C(C=O)=Nc1ccc(C2CCCCC2)cc1. The summed E-state index contributed by atoms with van der Waals surface area (Å²) in [5.74, 6) is 0.677. The van der Waals surface area contributed by atoms with Gasteiger partial charge in [0, 0.05) is 24.8 Å². The van der Waals surface area contributed by atoms with Gasteiger partial charge in [-0.3, -0.25) is 4.79 Å². The summed E-state index contributed by atoms with van der Waals surface area (Å²) in [5, 5.41) is 2.07. The third kappa shape index (κ3) is 5.83. The van der Waals surface area contributed by atoms with E-state index >= 15 is 0 Å². The highest BCUT2D eigenvalue weighted by molar-refractivity contribution is 8.01. The van der Waals surface area contributed by atoms with Gasteiger partial charge in [0.25, 0.3) is 0 Å². The Morgan fingerprint density at radius 2 is 1.83 bits per heavy atom. The third-order valence-corrected chi connectivity index (χ3v) is 6.00. The third-order valence-electron chi connectivity index (χ3n) is 5.53. The van der Waals surface area contributed by atoms with E-state index in [0.717, 1.165) is 29.8 Å². The largest absolute Gasteiger partial charge is 0.370 e. The van der Waals surface area contributed by atoms with E-state index in [1.807, 2.05) is 49.7 Å². The first-order valence-corrected chi connectivity index (χ1v) is 11.6. The molecule has 1 saturated carbocycles. The number of aliphatic imine (C=N–C) groups is 1. The molecule has 0 heterocycles. The van der Waals surface area contributed by atoms with Crippen molar-refractivity contribution < 1.29 is 4.79 Å². The zero-order chi connectivity index (χ0) is 20.5. The summed E-state index contributed by atoms with van der Waals surface area (Å²) in [6, 6.07) is 16.4. The Hall–Kier alpha value is -2.33. The van der Waals surface area contributed by atoms with Crippen molar-refractivity contribution in [1.82, 2.24) is 0 Å². The maximum atomic E-state index is 11.9. The molecule has 4 heteroatoms. The van der Waals surface area contributed by atoms with Gasteiger partial charge >= 0.3 is 0 Å². The Morgan fingerprint density at radius 1 is 1.10 bits per heavy atom. The Labute approximate surface area is 178 Å². The molecule has 29 heavy (non-hydrogen) atoms. The van der Waals surface area contributed by atoms with Crippen molar-refractivity contribution in [2.45, 2.75) is 38.0 Å². The fourth-order valence-corrected chi connectivity index (χ4v) is 4.24. The van der Waals surface area contributed by atoms with Crippen molar-refractivity contribution in [3.63, 3.8) is 0 Å². The molecular formula is C25H30N2OS. The fourth-order valence-electron chi connectivity index (χ4n) is 3.96. The standard InChI is InChI=1S/C25H30N2OS/c1-27(17-8-18-29-2)25-12-7-6-11-23(25)24(19-28)26-22-15-13-21(14-16-22)20-9-4-3-5-10-20/h6-8,11-16,18-20H,3-5,9-10,17H2,1-2H3/b18-8-,26-24?. The molecule has 1 fully saturated rings. The molecule has 0 radical (unpaired) electrons. The maximum absolute atomic E-state index is 11.9. The second-order valence-electron chi connectivity index (χ2n) is 7.55. The molecular weight excluding hydrogens is 376 g/mol. The van der Waals surface area contributed by atoms with E-state index in [-0.39, 0.29) is 0 Å². The number of hydrogen-bond acceptors (Lipinski definition) is 4. The van der Waals surface area contributed by atoms with Crippen LogP contribution in [0, 0.1) is 0 Å². The highest BCUT2D eigenvalue weighted by atomic mass is 32.2. The fraction of sp³-hybridized carbons (Fsp3) is 0.360. The van der Waals surface area contributed by atoms with Crippen molar-refractivity contribution in [3.8, 4) is 0 Å². The number of carbonyl (C=O) groups excluding carboxylic acids is 1. The molecule has 2 aromatic carbocycles. The van der Waals surface area contributed by atoms with Crippen molar-refractivity contribution in [2.75, 3.05) is 24.7 Å². The monoisotopic (exact) mass is 406 g/mol. The summed E-state index contributed by atoms with van der Waals surface area (Å²) in [6.45, 7) is 0.778. The molecule has 3 rings (SSSR count). The Balaban J connectivity index is 1.83. The molecule has 3 nitrogen and oxygen atoms in total. The van der Waals surface area contributed by atoms with Crippen LogP contribution in [-0.4, -0.2) is 31.8 Å². The van der Waals surface area contributed by atoms with Gasteiger partial charge in [-0.15, -0.1) is 11.8 Å². The van der Waals surface area contributed by atoms with E-state index in [9.17, 15) is 4.79 Å². The van der Waals surface area contributed by atoms with Gasteiger partial charge in [-0.1, -0.05) is 55.7 Å². The van der Waals surface area contributed by atoms with Gasteiger partial charge < -0.3 is 4.90 Å². The molecule has 0 bridgehead atoms. The normalized spacial score (nSPS) is 15.6. The minimum Gasteiger partial charge on any atom is -0.370 e. The number of para-hydroxylation sites is 1. The lowest BCUT2D eigenvalue weighted by molar-refractivity contribution is -0.102. The number of likely N-dealkylation sites (N-methyl/N-ethyl adjacent to an activating group) is 1. The first-order valence-electron chi connectivity index (χ1n) is 10.3. The first kappa shape index (κ1) is 21.4. The van der Waals surface area contributed by atoms with Crippen LogP contribution in [0.15, 0.2) is 65.0 Å². The predicted molar refractivity (Wildman–Crippen MR) is 127 cm³/mol. The number of anilines is 1. The van der Waals surface area contributed by atoms with Crippen LogP contribution in [0.25, 0.3) is 0 Å². The van der Waals surface area contributed by atoms with E-state index in [1.54, 1.807) is 11.8 Å². The van der Waals surface area contributed by atoms with Crippen LogP contribution in [0.1, 0.15) is 49.1 Å². The Kier molecular flexibility index (Phi) is 8.12. The minimum absolute atomic E-state index is 0.465. The summed E-state index contributed by atoms with van der Waals surface area (Å²) in [7, 11) is 2.03. The molecule has 1 aliphatic rings. The second kappa shape index (κ2) is 11.0. The summed E-state index contributed by atoms with van der Waals surface area (Å²) in [4.78, 5) is 18.7. The lowest BCUT2D eigenvalue weighted by Crippen LogP contribution is -2.20. The van der Waals surface area contributed by atoms with Crippen molar-refractivity contribution >= 4 is 35.1 Å². The number of nitrogens with zero attached hydrogens (tertiary/aromatic N) is 2. The predicted octanol–water partition coefficient (Wildman–Crippen LogP) is 6.37. The molecule has 0 aromatic heterocycles. The average molecular weight is 407 g/mol. The Morgan fingerprint density at radius 3 is 2.52 bits per heavy atom. The number of thioether (sulfide) groups is 1. The first-order chi connectivity index (χ1) is 14.2. The van der Waals surface area contributed by atoms with Crippen LogP contribution in [0.4, 0.5) is 11.4 Å². The average Bonchev–Trinajstić information content (AvgIpc) is 2.78. The number of carbonyl (C=O) groups is 1. The molecule has 0 unspecified atom stereocenters. The molecule has 0 atom stereocenters. The molecule has 0 saturated heterocycles. The summed E-state index contributed by atoms with van der Waals surface area (Å²) < 4.78 is 0. The Bertz CT molecular complexity index is 851.